The lowest BCUT2D eigenvalue weighted by atomic mass is 10.2. The largest absolute Gasteiger partial charge is 0.496 e. The number of anilines is 1. The van der Waals surface area contributed by atoms with Gasteiger partial charge in [-0.25, -0.2) is 4.79 Å². The molecule has 6 heteroatoms. The molecule has 0 aliphatic heterocycles. The maximum atomic E-state index is 11.5. The van der Waals surface area contributed by atoms with Gasteiger partial charge >= 0.3 is 6.09 Å². The third-order valence-corrected chi connectivity index (χ3v) is 2.63. The maximum Gasteiger partial charge on any atom is 0.407 e. The van der Waals surface area contributed by atoms with Gasteiger partial charge in [0, 0.05) is 37.0 Å². The summed E-state index contributed by atoms with van der Waals surface area (Å²) in [5, 5.41) is 5.88. The van der Waals surface area contributed by atoms with Gasteiger partial charge in [0.2, 0.25) is 0 Å². The summed E-state index contributed by atoms with van der Waals surface area (Å²) in [6, 6.07) is 5.73. The van der Waals surface area contributed by atoms with Crippen LogP contribution in [0.3, 0.4) is 0 Å². The fourth-order valence-corrected chi connectivity index (χ4v) is 1.71. The van der Waals surface area contributed by atoms with Crippen LogP contribution in [0.1, 0.15) is 26.3 Å². The molecule has 0 atom stereocenters. The lowest BCUT2D eigenvalue weighted by Crippen LogP contribution is -2.34. The number of benzene rings is 1. The Morgan fingerprint density at radius 3 is 2.57 bits per heavy atom. The smallest absolute Gasteiger partial charge is 0.407 e. The summed E-state index contributed by atoms with van der Waals surface area (Å²) in [5.74, 6) is 0.752. The SMILES string of the molecule is COc1cc(NCCNC(=O)OC(C)(C)C)ccc1CN. The summed E-state index contributed by atoms with van der Waals surface area (Å²) < 4.78 is 10.4. The van der Waals surface area contributed by atoms with Crippen molar-refractivity contribution in [2.24, 2.45) is 5.73 Å². The number of rotatable bonds is 6. The van der Waals surface area contributed by atoms with Gasteiger partial charge in [-0.15, -0.1) is 0 Å². The number of amides is 1. The van der Waals surface area contributed by atoms with E-state index in [1.165, 1.54) is 0 Å². The molecule has 0 aliphatic rings. The second kappa shape index (κ2) is 7.73. The molecule has 0 bridgehead atoms. The summed E-state index contributed by atoms with van der Waals surface area (Å²) in [5.41, 5.74) is 7.00. The number of alkyl carbamates (subject to hydrolysis) is 1. The molecule has 4 N–H and O–H groups in total. The molecule has 0 saturated carbocycles. The fourth-order valence-electron chi connectivity index (χ4n) is 1.71. The van der Waals surface area contributed by atoms with E-state index in [-0.39, 0.29) is 0 Å². The highest BCUT2D eigenvalue weighted by Gasteiger charge is 2.15. The number of carbonyl (C=O) groups excluding carboxylic acids is 1. The first-order valence-electron chi connectivity index (χ1n) is 6.93. The van der Waals surface area contributed by atoms with Gasteiger partial charge in [0.15, 0.2) is 0 Å². The predicted molar refractivity (Wildman–Crippen MR) is 83.6 cm³/mol. The molecular formula is C15H25N3O3. The zero-order valence-corrected chi connectivity index (χ0v) is 13.2. The molecule has 0 saturated heterocycles. The van der Waals surface area contributed by atoms with Crippen molar-refractivity contribution in [3.05, 3.63) is 23.8 Å². The van der Waals surface area contributed by atoms with Crippen molar-refractivity contribution in [3.8, 4) is 5.75 Å². The molecule has 1 aromatic carbocycles. The van der Waals surface area contributed by atoms with Gasteiger partial charge in [0.05, 0.1) is 7.11 Å². The topological polar surface area (TPSA) is 85.6 Å². The summed E-state index contributed by atoms with van der Waals surface area (Å²) >= 11 is 0. The Labute approximate surface area is 126 Å². The molecule has 118 valence electrons. The number of nitrogens with one attached hydrogen (secondary N) is 2. The highest BCUT2D eigenvalue weighted by molar-refractivity contribution is 5.67. The zero-order valence-electron chi connectivity index (χ0n) is 13.2. The van der Waals surface area contributed by atoms with Crippen LogP contribution in [0.2, 0.25) is 0 Å². The number of nitrogens with two attached hydrogens (primary N) is 1. The molecule has 0 fully saturated rings. The minimum absolute atomic E-state index is 0.416. The summed E-state index contributed by atoms with van der Waals surface area (Å²) in [6.45, 7) is 6.98. The quantitative estimate of drug-likeness (QED) is 0.700. The van der Waals surface area contributed by atoms with E-state index in [4.69, 9.17) is 15.2 Å². The van der Waals surface area contributed by atoms with Crippen LogP contribution in [0.25, 0.3) is 0 Å². The Balaban J connectivity index is 2.38. The molecule has 1 amide bonds. The number of hydrogen-bond acceptors (Lipinski definition) is 5. The highest BCUT2D eigenvalue weighted by atomic mass is 16.6. The molecule has 0 aliphatic carbocycles. The molecule has 0 unspecified atom stereocenters. The second-order valence-electron chi connectivity index (χ2n) is 5.59. The van der Waals surface area contributed by atoms with E-state index in [2.05, 4.69) is 10.6 Å². The van der Waals surface area contributed by atoms with Gasteiger partial charge < -0.3 is 25.8 Å². The van der Waals surface area contributed by atoms with E-state index in [0.717, 1.165) is 17.0 Å². The Bertz CT molecular complexity index is 470. The average Bonchev–Trinajstić information content (AvgIpc) is 2.41. The lowest BCUT2D eigenvalue weighted by molar-refractivity contribution is 0.0530. The number of hydrogen-bond donors (Lipinski definition) is 3. The molecule has 1 rings (SSSR count). The zero-order chi connectivity index (χ0) is 15.9. The van der Waals surface area contributed by atoms with E-state index >= 15 is 0 Å². The predicted octanol–water partition coefficient (Wildman–Crippen LogP) is 2.09. The van der Waals surface area contributed by atoms with Crippen molar-refractivity contribution in [2.75, 3.05) is 25.5 Å². The number of carbonyl (C=O) groups is 1. The van der Waals surface area contributed by atoms with Crippen LogP contribution in [-0.4, -0.2) is 31.9 Å². The minimum Gasteiger partial charge on any atom is -0.496 e. The van der Waals surface area contributed by atoms with Crippen molar-refractivity contribution in [1.29, 1.82) is 0 Å². The van der Waals surface area contributed by atoms with Gasteiger partial charge in [0.1, 0.15) is 11.4 Å². The molecule has 6 nitrogen and oxygen atoms in total. The molecule has 1 aromatic rings. The van der Waals surface area contributed by atoms with Crippen LogP contribution in [0, 0.1) is 0 Å². The average molecular weight is 295 g/mol. The molecular weight excluding hydrogens is 270 g/mol. The van der Waals surface area contributed by atoms with Crippen molar-refractivity contribution >= 4 is 11.8 Å². The van der Waals surface area contributed by atoms with E-state index in [9.17, 15) is 4.79 Å². The minimum atomic E-state index is -0.483. The van der Waals surface area contributed by atoms with Crippen molar-refractivity contribution in [3.63, 3.8) is 0 Å². The van der Waals surface area contributed by atoms with Crippen LogP contribution in [0.4, 0.5) is 10.5 Å². The number of ether oxygens (including phenoxy) is 2. The molecule has 21 heavy (non-hydrogen) atoms. The van der Waals surface area contributed by atoms with Crippen molar-refractivity contribution < 1.29 is 14.3 Å². The van der Waals surface area contributed by atoms with Crippen LogP contribution in [0.15, 0.2) is 18.2 Å². The third-order valence-electron chi connectivity index (χ3n) is 2.63. The molecule has 0 aromatic heterocycles. The van der Waals surface area contributed by atoms with E-state index in [1.807, 2.05) is 39.0 Å². The summed E-state index contributed by atoms with van der Waals surface area (Å²) in [7, 11) is 1.61. The highest BCUT2D eigenvalue weighted by Crippen LogP contribution is 2.22. The van der Waals surface area contributed by atoms with Gasteiger partial charge in [-0.1, -0.05) is 6.07 Å². The molecule has 0 heterocycles. The summed E-state index contributed by atoms with van der Waals surface area (Å²) in [4.78, 5) is 11.5. The van der Waals surface area contributed by atoms with Crippen molar-refractivity contribution in [2.45, 2.75) is 32.9 Å². The van der Waals surface area contributed by atoms with Crippen molar-refractivity contribution in [1.82, 2.24) is 5.32 Å². The van der Waals surface area contributed by atoms with Gasteiger partial charge in [0.25, 0.3) is 0 Å². The molecule has 0 spiro atoms. The third kappa shape index (κ3) is 6.35. The first kappa shape index (κ1) is 17.1. The Hall–Kier alpha value is -1.95. The maximum absolute atomic E-state index is 11.5. The summed E-state index contributed by atoms with van der Waals surface area (Å²) in [6.07, 6.45) is -0.416. The van der Waals surface area contributed by atoms with Gasteiger partial charge in [-0.3, -0.25) is 0 Å². The fraction of sp³-hybridized carbons (Fsp3) is 0.533. The second-order valence-corrected chi connectivity index (χ2v) is 5.59. The van der Waals surface area contributed by atoms with Crippen LogP contribution in [-0.2, 0) is 11.3 Å². The van der Waals surface area contributed by atoms with Crippen LogP contribution < -0.4 is 21.1 Å². The molecule has 0 radical (unpaired) electrons. The van der Waals surface area contributed by atoms with E-state index in [0.29, 0.717) is 19.6 Å². The Morgan fingerprint density at radius 2 is 2.00 bits per heavy atom. The normalized spacial score (nSPS) is 10.9. The Morgan fingerprint density at radius 1 is 1.29 bits per heavy atom. The Kier molecular flexibility index (Phi) is 6.30. The first-order chi connectivity index (χ1) is 9.85. The van der Waals surface area contributed by atoms with E-state index < -0.39 is 11.7 Å². The van der Waals surface area contributed by atoms with Crippen LogP contribution in [0.5, 0.6) is 5.75 Å². The first-order valence-corrected chi connectivity index (χ1v) is 6.93. The van der Waals surface area contributed by atoms with E-state index in [1.54, 1.807) is 7.11 Å². The van der Waals surface area contributed by atoms with Gasteiger partial charge in [-0.05, 0) is 26.8 Å². The standard InChI is InChI=1S/C15H25N3O3/c1-15(2,3)21-14(19)18-8-7-17-12-6-5-11(10-16)13(9-12)20-4/h5-6,9,17H,7-8,10,16H2,1-4H3,(H,18,19). The number of methoxy groups -OCH3 is 1. The van der Waals surface area contributed by atoms with Crippen LogP contribution >= 0.6 is 0 Å². The lowest BCUT2D eigenvalue weighted by Gasteiger charge is -2.19. The van der Waals surface area contributed by atoms with Gasteiger partial charge in [-0.2, -0.15) is 0 Å². The monoisotopic (exact) mass is 295 g/mol.